The first-order valence-corrected chi connectivity index (χ1v) is 10.0. The first kappa shape index (κ1) is 20.1. The van der Waals surface area contributed by atoms with Crippen molar-refractivity contribution in [3.05, 3.63) is 71.3 Å². The lowest BCUT2D eigenvalue weighted by molar-refractivity contribution is -0.121. The predicted octanol–water partition coefficient (Wildman–Crippen LogP) is 3.11. The summed E-state index contributed by atoms with van der Waals surface area (Å²) in [7, 11) is 0. The van der Waals surface area contributed by atoms with Crippen molar-refractivity contribution in [1.29, 1.82) is 0 Å². The summed E-state index contributed by atoms with van der Waals surface area (Å²) in [6.45, 7) is 5.73. The third-order valence-electron chi connectivity index (χ3n) is 5.02. The van der Waals surface area contributed by atoms with E-state index in [9.17, 15) is 9.59 Å². The minimum absolute atomic E-state index is 0.0676. The molecule has 2 aromatic carbocycles. The van der Waals surface area contributed by atoms with Gasteiger partial charge in [-0.1, -0.05) is 42.5 Å². The summed E-state index contributed by atoms with van der Waals surface area (Å²) in [5, 5.41) is 5.80. The molecule has 1 heterocycles. The lowest BCUT2D eigenvalue weighted by Gasteiger charge is -2.15. The molecule has 1 saturated heterocycles. The van der Waals surface area contributed by atoms with Gasteiger partial charge in [-0.05, 0) is 56.1 Å². The van der Waals surface area contributed by atoms with E-state index in [1.165, 1.54) is 31.5 Å². The number of amides is 2. The van der Waals surface area contributed by atoms with Gasteiger partial charge in [-0.25, -0.2) is 0 Å². The fraction of sp³-hybridized carbons (Fsp3) is 0.391. The molecular formula is C23H29N3O2. The Morgan fingerprint density at radius 2 is 1.61 bits per heavy atom. The van der Waals surface area contributed by atoms with E-state index in [0.29, 0.717) is 12.1 Å². The van der Waals surface area contributed by atoms with Gasteiger partial charge in [-0.2, -0.15) is 0 Å². The maximum Gasteiger partial charge on any atom is 0.251 e. The molecule has 2 N–H and O–H groups in total. The van der Waals surface area contributed by atoms with Crippen LogP contribution in [0, 0.1) is 0 Å². The van der Waals surface area contributed by atoms with Gasteiger partial charge in [-0.3, -0.25) is 14.5 Å². The molecule has 1 unspecified atom stereocenters. The molecule has 1 aliphatic heterocycles. The molecule has 0 aromatic heterocycles. The van der Waals surface area contributed by atoms with Gasteiger partial charge >= 0.3 is 0 Å². The van der Waals surface area contributed by atoms with Crippen LogP contribution < -0.4 is 10.6 Å². The van der Waals surface area contributed by atoms with Crippen molar-refractivity contribution in [3.8, 4) is 0 Å². The first-order valence-electron chi connectivity index (χ1n) is 10.0. The van der Waals surface area contributed by atoms with Gasteiger partial charge in [0.2, 0.25) is 5.91 Å². The molecule has 0 bridgehead atoms. The largest absolute Gasteiger partial charge is 0.352 e. The molecule has 1 fully saturated rings. The average molecular weight is 380 g/mol. The Kier molecular flexibility index (Phi) is 7.20. The molecule has 0 radical (unpaired) electrons. The topological polar surface area (TPSA) is 61.4 Å². The Morgan fingerprint density at radius 3 is 2.29 bits per heavy atom. The third-order valence-corrected chi connectivity index (χ3v) is 5.02. The summed E-state index contributed by atoms with van der Waals surface area (Å²) < 4.78 is 0. The summed E-state index contributed by atoms with van der Waals surface area (Å²) in [6, 6.07) is 17.2. The van der Waals surface area contributed by atoms with E-state index < -0.39 is 0 Å². The van der Waals surface area contributed by atoms with Crippen LogP contribution >= 0.6 is 0 Å². The van der Waals surface area contributed by atoms with E-state index in [1.807, 2.05) is 25.1 Å². The highest BCUT2D eigenvalue weighted by Gasteiger charge is 2.13. The van der Waals surface area contributed by atoms with Crippen LogP contribution in [0.2, 0.25) is 0 Å². The maximum absolute atomic E-state index is 12.2. The van der Waals surface area contributed by atoms with Crippen LogP contribution in [0.1, 0.15) is 47.7 Å². The number of rotatable bonds is 8. The summed E-state index contributed by atoms with van der Waals surface area (Å²) in [5.74, 6) is -0.225. The molecule has 0 saturated carbocycles. The zero-order valence-electron chi connectivity index (χ0n) is 16.5. The smallest absolute Gasteiger partial charge is 0.251 e. The van der Waals surface area contributed by atoms with Crippen LogP contribution in [0.25, 0.3) is 0 Å². The normalized spacial score (nSPS) is 15.2. The minimum Gasteiger partial charge on any atom is -0.352 e. The number of nitrogens with one attached hydrogen (secondary N) is 2. The van der Waals surface area contributed by atoms with Crippen LogP contribution in [0.4, 0.5) is 0 Å². The standard InChI is InChI=1S/C23H29N3O2/c1-18(25-23(28)21-7-3-2-4-8-21)15-22(27)24-16-19-9-11-20(12-10-19)17-26-13-5-6-14-26/h2-4,7-12,18H,5-6,13-17H2,1H3,(H,24,27)(H,25,28). The molecule has 28 heavy (non-hydrogen) atoms. The number of benzene rings is 2. The Balaban J connectivity index is 1.39. The van der Waals surface area contributed by atoms with Gasteiger partial charge in [-0.15, -0.1) is 0 Å². The number of likely N-dealkylation sites (tertiary alicyclic amines) is 1. The molecule has 148 valence electrons. The molecule has 2 aromatic rings. The molecule has 0 spiro atoms. The zero-order chi connectivity index (χ0) is 19.8. The fourth-order valence-corrected chi connectivity index (χ4v) is 3.46. The van der Waals surface area contributed by atoms with Crippen molar-refractivity contribution < 1.29 is 9.59 Å². The van der Waals surface area contributed by atoms with Crippen molar-refractivity contribution in [1.82, 2.24) is 15.5 Å². The predicted molar refractivity (Wildman–Crippen MR) is 111 cm³/mol. The summed E-state index contributed by atoms with van der Waals surface area (Å²) in [4.78, 5) is 26.8. The van der Waals surface area contributed by atoms with E-state index >= 15 is 0 Å². The molecule has 1 atom stereocenters. The highest BCUT2D eigenvalue weighted by Crippen LogP contribution is 2.13. The molecule has 5 heteroatoms. The maximum atomic E-state index is 12.2. The molecular weight excluding hydrogens is 350 g/mol. The number of nitrogens with zero attached hydrogens (tertiary/aromatic N) is 1. The van der Waals surface area contributed by atoms with E-state index in [4.69, 9.17) is 0 Å². The number of carbonyl (C=O) groups is 2. The van der Waals surface area contributed by atoms with Crippen LogP contribution in [0.3, 0.4) is 0 Å². The Bertz CT molecular complexity index is 768. The van der Waals surface area contributed by atoms with Crippen LogP contribution in [0.5, 0.6) is 0 Å². The lowest BCUT2D eigenvalue weighted by Crippen LogP contribution is -2.37. The lowest BCUT2D eigenvalue weighted by atomic mass is 10.1. The quantitative estimate of drug-likeness (QED) is 0.741. The van der Waals surface area contributed by atoms with Crippen molar-refractivity contribution in [3.63, 3.8) is 0 Å². The zero-order valence-corrected chi connectivity index (χ0v) is 16.5. The minimum atomic E-state index is -0.226. The van der Waals surface area contributed by atoms with Crippen LogP contribution in [0.15, 0.2) is 54.6 Å². The van der Waals surface area contributed by atoms with Gasteiger partial charge in [0.15, 0.2) is 0 Å². The second-order valence-electron chi connectivity index (χ2n) is 7.52. The van der Waals surface area contributed by atoms with Crippen LogP contribution in [-0.2, 0) is 17.9 Å². The SMILES string of the molecule is CC(CC(=O)NCc1ccc(CN2CCCC2)cc1)NC(=O)c1ccccc1. The molecule has 1 aliphatic rings. The summed E-state index contributed by atoms with van der Waals surface area (Å²) >= 11 is 0. The van der Waals surface area contributed by atoms with E-state index in [0.717, 1.165) is 12.1 Å². The number of carbonyl (C=O) groups excluding carboxylic acids is 2. The first-order chi connectivity index (χ1) is 13.6. The third kappa shape index (κ3) is 6.20. The van der Waals surface area contributed by atoms with Crippen molar-refractivity contribution in [2.45, 2.75) is 45.3 Å². The Hall–Kier alpha value is -2.66. The summed E-state index contributed by atoms with van der Waals surface area (Å²) in [5.41, 5.74) is 3.00. The van der Waals surface area contributed by atoms with Gasteiger partial charge in [0.05, 0.1) is 0 Å². The molecule has 5 nitrogen and oxygen atoms in total. The van der Waals surface area contributed by atoms with Crippen molar-refractivity contribution in [2.75, 3.05) is 13.1 Å². The molecule has 2 amide bonds. The number of hydrogen-bond acceptors (Lipinski definition) is 3. The monoisotopic (exact) mass is 379 g/mol. The highest BCUT2D eigenvalue weighted by atomic mass is 16.2. The molecule has 0 aliphatic carbocycles. The second-order valence-corrected chi connectivity index (χ2v) is 7.52. The Morgan fingerprint density at radius 1 is 0.964 bits per heavy atom. The second kappa shape index (κ2) is 10.0. The van der Waals surface area contributed by atoms with Gasteiger partial charge in [0.1, 0.15) is 0 Å². The van der Waals surface area contributed by atoms with Crippen molar-refractivity contribution >= 4 is 11.8 Å². The van der Waals surface area contributed by atoms with E-state index in [-0.39, 0.29) is 24.3 Å². The highest BCUT2D eigenvalue weighted by molar-refractivity contribution is 5.94. The van der Waals surface area contributed by atoms with Gasteiger partial charge in [0, 0.05) is 31.1 Å². The number of hydrogen-bond donors (Lipinski definition) is 2. The van der Waals surface area contributed by atoms with E-state index in [2.05, 4.69) is 39.8 Å². The Labute approximate surface area is 167 Å². The summed E-state index contributed by atoms with van der Waals surface area (Å²) in [6.07, 6.45) is 2.86. The van der Waals surface area contributed by atoms with Crippen LogP contribution in [-0.4, -0.2) is 35.8 Å². The average Bonchev–Trinajstić information content (AvgIpc) is 3.21. The van der Waals surface area contributed by atoms with Gasteiger partial charge < -0.3 is 10.6 Å². The van der Waals surface area contributed by atoms with E-state index in [1.54, 1.807) is 12.1 Å². The van der Waals surface area contributed by atoms with Gasteiger partial charge in [0.25, 0.3) is 5.91 Å². The fourth-order valence-electron chi connectivity index (χ4n) is 3.46. The van der Waals surface area contributed by atoms with Crippen molar-refractivity contribution in [2.24, 2.45) is 0 Å². The molecule has 3 rings (SSSR count).